The van der Waals surface area contributed by atoms with Gasteiger partial charge in [0, 0.05) is 29.0 Å². The molecule has 0 aliphatic heterocycles. The summed E-state index contributed by atoms with van der Waals surface area (Å²) in [5.41, 5.74) is 6.81. The van der Waals surface area contributed by atoms with Crippen LogP contribution in [-0.4, -0.2) is 16.4 Å². The first-order chi connectivity index (χ1) is 8.66. The zero-order chi connectivity index (χ0) is 13.0. The van der Waals surface area contributed by atoms with Crippen LogP contribution >= 0.6 is 11.6 Å². The van der Waals surface area contributed by atoms with E-state index in [0.29, 0.717) is 18.2 Å². The molecular formula is C13H16ClN3O. The van der Waals surface area contributed by atoms with Crippen LogP contribution in [0.15, 0.2) is 36.7 Å². The van der Waals surface area contributed by atoms with Gasteiger partial charge in [0.05, 0.1) is 6.54 Å². The van der Waals surface area contributed by atoms with Gasteiger partial charge in [-0.1, -0.05) is 11.6 Å². The summed E-state index contributed by atoms with van der Waals surface area (Å²) < 4.78 is 7.55. The number of nitrogens with zero attached hydrogens (tertiary/aromatic N) is 2. The van der Waals surface area contributed by atoms with Crippen LogP contribution in [0.25, 0.3) is 0 Å². The number of rotatable bonds is 5. The maximum Gasteiger partial charge on any atom is 0.124 e. The van der Waals surface area contributed by atoms with Gasteiger partial charge in [-0.2, -0.15) is 5.10 Å². The minimum atomic E-state index is -0.108. The van der Waals surface area contributed by atoms with Crippen LogP contribution in [0.1, 0.15) is 18.5 Å². The van der Waals surface area contributed by atoms with Crippen LogP contribution in [-0.2, 0) is 6.54 Å². The predicted molar refractivity (Wildman–Crippen MR) is 71.8 cm³/mol. The molecule has 4 nitrogen and oxygen atoms in total. The Morgan fingerprint density at radius 2 is 2.33 bits per heavy atom. The Labute approximate surface area is 111 Å². The van der Waals surface area contributed by atoms with Crippen molar-refractivity contribution in [1.29, 1.82) is 0 Å². The molecule has 0 aliphatic carbocycles. The standard InChI is InChI=1S/C13H16ClN3O/c1-10(15)12-9-11(14)3-4-13(12)18-8-7-17-6-2-5-16-17/h2-6,9-10H,7-8,15H2,1H3/t10-/m0/s1. The highest BCUT2D eigenvalue weighted by Gasteiger charge is 2.08. The molecule has 0 saturated heterocycles. The summed E-state index contributed by atoms with van der Waals surface area (Å²) in [7, 11) is 0. The van der Waals surface area contributed by atoms with Gasteiger partial charge in [0.2, 0.25) is 0 Å². The van der Waals surface area contributed by atoms with Crippen LogP contribution in [0.4, 0.5) is 0 Å². The smallest absolute Gasteiger partial charge is 0.124 e. The number of benzene rings is 1. The molecule has 0 fully saturated rings. The van der Waals surface area contributed by atoms with E-state index >= 15 is 0 Å². The van der Waals surface area contributed by atoms with Gasteiger partial charge in [0.1, 0.15) is 12.4 Å². The Bertz CT molecular complexity index is 497. The third-order valence-electron chi connectivity index (χ3n) is 2.60. The first kappa shape index (κ1) is 12.9. The third-order valence-corrected chi connectivity index (χ3v) is 2.83. The number of hydrogen-bond donors (Lipinski definition) is 1. The van der Waals surface area contributed by atoms with Crippen molar-refractivity contribution in [3.8, 4) is 5.75 Å². The fraction of sp³-hybridized carbons (Fsp3) is 0.308. The maximum atomic E-state index is 5.95. The number of hydrogen-bond acceptors (Lipinski definition) is 3. The van der Waals surface area contributed by atoms with E-state index in [0.717, 1.165) is 11.3 Å². The van der Waals surface area contributed by atoms with Crippen molar-refractivity contribution >= 4 is 11.6 Å². The molecule has 0 unspecified atom stereocenters. The summed E-state index contributed by atoms with van der Waals surface area (Å²) in [5.74, 6) is 0.779. The molecule has 1 aromatic carbocycles. The Kier molecular flexibility index (Phi) is 4.23. The van der Waals surface area contributed by atoms with Gasteiger partial charge in [0.15, 0.2) is 0 Å². The molecule has 1 heterocycles. The Morgan fingerprint density at radius 1 is 1.50 bits per heavy atom. The Balaban J connectivity index is 2.00. The van der Waals surface area contributed by atoms with Gasteiger partial charge in [0.25, 0.3) is 0 Å². The van der Waals surface area contributed by atoms with Crippen LogP contribution in [0, 0.1) is 0 Å². The normalized spacial score (nSPS) is 12.4. The van der Waals surface area contributed by atoms with Crippen LogP contribution in [0.5, 0.6) is 5.75 Å². The van der Waals surface area contributed by atoms with Crippen molar-refractivity contribution < 1.29 is 4.74 Å². The monoisotopic (exact) mass is 265 g/mol. The molecule has 5 heteroatoms. The first-order valence-corrected chi connectivity index (χ1v) is 6.20. The minimum Gasteiger partial charge on any atom is -0.491 e. The van der Waals surface area contributed by atoms with E-state index in [1.54, 1.807) is 12.3 Å². The topological polar surface area (TPSA) is 53.1 Å². The lowest BCUT2D eigenvalue weighted by atomic mass is 10.1. The lowest BCUT2D eigenvalue weighted by Crippen LogP contribution is -2.12. The Morgan fingerprint density at radius 3 is 3.00 bits per heavy atom. The van der Waals surface area contributed by atoms with Gasteiger partial charge < -0.3 is 10.5 Å². The van der Waals surface area contributed by atoms with Gasteiger partial charge in [-0.05, 0) is 31.2 Å². The molecule has 2 rings (SSSR count). The lowest BCUT2D eigenvalue weighted by molar-refractivity contribution is 0.287. The van der Waals surface area contributed by atoms with E-state index in [2.05, 4.69) is 5.10 Å². The maximum absolute atomic E-state index is 5.95. The van der Waals surface area contributed by atoms with E-state index in [-0.39, 0.29) is 6.04 Å². The van der Waals surface area contributed by atoms with Crippen LogP contribution in [0.2, 0.25) is 5.02 Å². The van der Waals surface area contributed by atoms with Crippen molar-refractivity contribution in [2.45, 2.75) is 19.5 Å². The van der Waals surface area contributed by atoms with E-state index in [1.165, 1.54) is 0 Å². The number of nitrogens with two attached hydrogens (primary N) is 1. The molecule has 18 heavy (non-hydrogen) atoms. The highest BCUT2D eigenvalue weighted by Crippen LogP contribution is 2.27. The summed E-state index contributed by atoms with van der Waals surface area (Å²) in [6.45, 7) is 3.16. The molecule has 2 aromatic rings. The van der Waals surface area contributed by atoms with Crippen molar-refractivity contribution in [2.24, 2.45) is 5.73 Å². The molecule has 0 spiro atoms. The van der Waals surface area contributed by atoms with Crippen LogP contribution in [0.3, 0.4) is 0 Å². The average molecular weight is 266 g/mol. The van der Waals surface area contributed by atoms with E-state index in [1.807, 2.05) is 36.0 Å². The van der Waals surface area contributed by atoms with E-state index < -0.39 is 0 Å². The molecule has 0 amide bonds. The number of ether oxygens (including phenoxy) is 1. The lowest BCUT2D eigenvalue weighted by Gasteiger charge is -2.14. The second kappa shape index (κ2) is 5.89. The Hall–Kier alpha value is -1.52. The highest BCUT2D eigenvalue weighted by molar-refractivity contribution is 6.30. The zero-order valence-corrected chi connectivity index (χ0v) is 11.0. The number of aromatic nitrogens is 2. The molecule has 0 bridgehead atoms. The van der Waals surface area contributed by atoms with Crippen molar-refractivity contribution in [3.63, 3.8) is 0 Å². The SMILES string of the molecule is C[C@H](N)c1cc(Cl)ccc1OCCn1cccn1. The minimum absolute atomic E-state index is 0.108. The summed E-state index contributed by atoms with van der Waals surface area (Å²) >= 11 is 5.95. The van der Waals surface area contributed by atoms with Gasteiger partial charge in [-0.25, -0.2) is 0 Å². The summed E-state index contributed by atoms with van der Waals surface area (Å²) in [5, 5.41) is 4.78. The highest BCUT2D eigenvalue weighted by atomic mass is 35.5. The second-order valence-electron chi connectivity index (χ2n) is 4.09. The molecule has 0 aliphatic rings. The van der Waals surface area contributed by atoms with Crippen molar-refractivity contribution in [3.05, 3.63) is 47.2 Å². The van der Waals surface area contributed by atoms with Gasteiger partial charge >= 0.3 is 0 Å². The van der Waals surface area contributed by atoms with Crippen molar-refractivity contribution in [1.82, 2.24) is 9.78 Å². The van der Waals surface area contributed by atoms with Crippen LogP contribution < -0.4 is 10.5 Å². The van der Waals surface area contributed by atoms with Gasteiger partial charge in [-0.3, -0.25) is 4.68 Å². The molecular weight excluding hydrogens is 250 g/mol. The van der Waals surface area contributed by atoms with Crippen molar-refractivity contribution in [2.75, 3.05) is 6.61 Å². The predicted octanol–water partition coefficient (Wildman–Crippen LogP) is 2.64. The molecule has 0 radical (unpaired) electrons. The average Bonchev–Trinajstić information content (AvgIpc) is 2.84. The third kappa shape index (κ3) is 3.24. The molecule has 96 valence electrons. The van der Waals surface area contributed by atoms with Gasteiger partial charge in [-0.15, -0.1) is 0 Å². The summed E-state index contributed by atoms with van der Waals surface area (Å²) in [6, 6.07) is 7.27. The molecule has 1 aromatic heterocycles. The fourth-order valence-corrected chi connectivity index (χ4v) is 1.87. The second-order valence-corrected chi connectivity index (χ2v) is 4.52. The molecule has 2 N–H and O–H groups in total. The first-order valence-electron chi connectivity index (χ1n) is 5.82. The zero-order valence-electron chi connectivity index (χ0n) is 10.2. The number of halogens is 1. The molecule has 1 atom stereocenters. The quantitative estimate of drug-likeness (QED) is 0.904. The largest absolute Gasteiger partial charge is 0.491 e. The fourth-order valence-electron chi connectivity index (χ4n) is 1.69. The summed E-state index contributed by atoms with van der Waals surface area (Å²) in [6.07, 6.45) is 3.65. The van der Waals surface area contributed by atoms with E-state index in [9.17, 15) is 0 Å². The molecule has 0 saturated carbocycles. The summed E-state index contributed by atoms with van der Waals surface area (Å²) in [4.78, 5) is 0. The van der Waals surface area contributed by atoms with E-state index in [4.69, 9.17) is 22.1 Å².